The standard InChI is InChI=1S/C15H24N4O3/c1-18(2)7-5-6-16-12-13(15(22)14(12)21)17-10-11(20)19-8-3-4-9-19/h16-17H,3-10H2,1-2H3. The number of hydrogen-bond donors (Lipinski definition) is 2. The van der Waals surface area contributed by atoms with Gasteiger partial charge in [0.05, 0.1) is 6.54 Å². The van der Waals surface area contributed by atoms with Gasteiger partial charge < -0.3 is 20.4 Å². The second-order valence-electron chi connectivity index (χ2n) is 5.93. The van der Waals surface area contributed by atoms with E-state index in [9.17, 15) is 14.4 Å². The minimum Gasteiger partial charge on any atom is -0.380 e. The van der Waals surface area contributed by atoms with Crippen LogP contribution in [0.5, 0.6) is 0 Å². The van der Waals surface area contributed by atoms with Gasteiger partial charge in [0.15, 0.2) is 0 Å². The van der Waals surface area contributed by atoms with E-state index >= 15 is 0 Å². The van der Waals surface area contributed by atoms with Gasteiger partial charge >= 0.3 is 0 Å². The maximum absolute atomic E-state index is 11.9. The number of nitrogens with one attached hydrogen (secondary N) is 2. The van der Waals surface area contributed by atoms with Crippen LogP contribution in [-0.2, 0) is 4.79 Å². The number of carbonyl (C=O) groups is 1. The van der Waals surface area contributed by atoms with Gasteiger partial charge in [-0.3, -0.25) is 14.4 Å². The molecule has 2 N–H and O–H groups in total. The fourth-order valence-corrected chi connectivity index (χ4v) is 2.58. The summed E-state index contributed by atoms with van der Waals surface area (Å²) >= 11 is 0. The Kier molecular flexibility index (Phi) is 5.54. The van der Waals surface area contributed by atoms with E-state index in [1.165, 1.54) is 0 Å². The zero-order valence-corrected chi connectivity index (χ0v) is 13.3. The third-order valence-electron chi connectivity index (χ3n) is 3.87. The van der Waals surface area contributed by atoms with Crippen molar-refractivity contribution in [2.75, 3.05) is 57.5 Å². The molecule has 22 heavy (non-hydrogen) atoms. The fourth-order valence-electron chi connectivity index (χ4n) is 2.58. The summed E-state index contributed by atoms with van der Waals surface area (Å²) in [6.07, 6.45) is 2.94. The third kappa shape index (κ3) is 3.85. The first kappa shape index (κ1) is 16.5. The zero-order chi connectivity index (χ0) is 16.1. The number of carbonyl (C=O) groups excluding carboxylic acids is 1. The van der Waals surface area contributed by atoms with Gasteiger partial charge in [0.2, 0.25) is 5.91 Å². The van der Waals surface area contributed by atoms with Crippen molar-refractivity contribution in [3.8, 4) is 0 Å². The Morgan fingerprint density at radius 1 is 1.09 bits per heavy atom. The van der Waals surface area contributed by atoms with Crippen molar-refractivity contribution in [2.45, 2.75) is 19.3 Å². The molecule has 0 spiro atoms. The molecule has 7 nitrogen and oxygen atoms in total. The molecule has 1 saturated heterocycles. The first-order valence-electron chi connectivity index (χ1n) is 7.74. The van der Waals surface area contributed by atoms with Crippen molar-refractivity contribution in [1.82, 2.24) is 9.80 Å². The van der Waals surface area contributed by atoms with E-state index in [0.717, 1.165) is 38.9 Å². The predicted octanol–water partition coefficient (Wildman–Crippen LogP) is -0.319. The zero-order valence-electron chi connectivity index (χ0n) is 13.3. The predicted molar refractivity (Wildman–Crippen MR) is 87.3 cm³/mol. The highest BCUT2D eigenvalue weighted by Gasteiger charge is 2.23. The molecule has 1 fully saturated rings. The first-order valence-corrected chi connectivity index (χ1v) is 7.74. The van der Waals surface area contributed by atoms with Crippen molar-refractivity contribution in [1.29, 1.82) is 0 Å². The highest BCUT2D eigenvalue weighted by atomic mass is 16.2. The lowest BCUT2D eigenvalue weighted by Crippen LogP contribution is -2.40. The number of rotatable bonds is 8. The second kappa shape index (κ2) is 7.40. The second-order valence-corrected chi connectivity index (χ2v) is 5.93. The Labute approximate surface area is 130 Å². The van der Waals surface area contributed by atoms with E-state index in [1.807, 2.05) is 14.1 Å². The number of amides is 1. The molecule has 0 unspecified atom stereocenters. The van der Waals surface area contributed by atoms with Crippen molar-refractivity contribution < 1.29 is 4.79 Å². The van der Waals surface area contributed by atoms with E-state index < -0.39 is 10.9 Å². The van der Waals surface area contributed by atoms with Crippen LogP contribution >= 0.6 is 0 Å². The molecular weight excluding hydrogens is 284 g/mol. The summed E-state index contributed by atoms with van der Waals surface area (Å²) in [4.78, 5) is 39.0. The fraction of sp³-hybridized carbons (Fsp3) is 0.667. The van der Waals surface area contributed by atoms with Crippen LogP contribution in [0.15, 0.2) is 9.59 Å². The van der Waals surface area contributed by atoms with Gasteiger partial charge in [0.1, 0.15) is 11.4 Å². The van der Waals surface area contributed by atoms with Crippen LogP contribution < -0.4 is 21.5 Å². The topological polar surface area (TPSA) is 81.8 Å². The molecule has 0 bridgehead atoms. The van der Waals surface area contributed by atoms with Gasteiger partial charge in [-0.05, 0) is 39.9 Å². The molecule has 0 aromatic heterocycles. The lowest BCUT2D eigenvalue weighted by atomic mass is 10.2. The minimum absolute atomic E-state index is 0.0240. The van der Waals surface area contributed by atoms with Crippen molar-refractivity contribution >= 4 is 17.3 Å². The first-order chi connectivity index (χ1) is 10.5. The lowest BCUT2D eigenvalue weighted by molar-refractivity contribution is -0.128. The molecule has 0 atom stereocenters. The maximum atomic E-state index is 11.9. The smallest absolute Gasteiger partial charge is 0.253 e. The summed E-state index contributed by atoms with van der Waals surface area (Å²) in [5, 5.41) is 5.81. The number of anilines is 2. The Morgan fingerprint density at radius 2 is 1.68 bits per heavy atom. The molecule has 0 radical (unpaired) electrons. The third-order valence-corrected chi connectivity index (χ3v) is 3.87. The average molecular weight is 308 g/mol. The van der Waals surface area contributed by atoms with Gasteiger partial charge in [0, 0.05) is 19.6 Å². The Morgan fingerprint density at radius 3 is 2.27 bits per heavy atom. The molecule has 1 heterocycles. The van der Waals surface area contributed by atoms with Crippen LogP contribution in [0.2, 0.25) is 0 Å². The SMILES string of the molecule is CN(C)CCCNc1c(NCC(=O)N2CCCC2)c(=O)c1=O. The summed E-state index contributed by atoms with van der Waals surface area (Å²) in [5.41, 5.74) is -0.467. The average Bonchev–Trinajstić information content (AvgIpc) is 3.02. The van der Waals surface area contributed by atoms with Gasteiger partial charge in [-0.2, -0.15) is 0 Å². The number of likely N-dealkylation sites (tertiary alicyclic amines) is 1. The summed E-state index contributed by atoms with van der Waals surface area (Å²) < 4.78 is 0. The van der Waals surface area contributed by atoms with Crippen LogP contribution in [0.25, 0.3) is 0 Å². The van der Waals surface area contributed by atoms with E-state index in [-0.39, 0.29) is 18.1 Å². The van der Waals surface area contributed by atoms with E-state index in [0.29, 0.717) is 12.2 Å². The molecule has 7 heteroatoms. The highest BCUT2D eigenvalue weighted by molar-refractivity contribution is 5.84. The minimum atomic E-state index is -0.538. The van der Waals surface area contributed by atoms with Crippen molar-refractivity contribution in [3.63, 3.8) is 0 Å². The molecule has 1 amide bonds. The van der Waals surface area contributed by atoms with Crippen molar-refractivity contribution in [3.05, 3.63) is 20.4 Å². The largest absolute Gasteiger partial charge is 0.380 e. The molecule has 0 aliphatic carbocycles. The molecule has 2 rings (SSSR count). The molecule has 1 aliphatic heterocycles. The van der Waals surface area contributed by atoms with Crippen LogP contribution in [-0.4, -0.2) is 62.5 Å². The van der Waals surface area contributed by atoms with Gasteiger partial charge in [-0.1, -0.05) is 0 Å². The summed E-state index contributed by atoms with van der Waals surface area (Å²) in [7, 11) is 3.96. The van der Waals surface area contributed by atoms with E-state index in [2.05, 4.69) is 15.5 Å². The maximum Gasteiger partial charge on any atom is 0.253 e. The summed E-state index contributed by atoms with van der Waals surface area (Å²) in [6, 6.07) is 0. The van der Waals surface area contributed by atoms with Crippen LogP contribution in [0.4, 0.5) is 11.4 Å². The van der Waals surface area contributed by atoms with Gasteiger partial charge in [-0.25, -0.2) is 0 Å². The Balaban J connectivity index is 1.83. The monoisotopic (exact) mass is 308 g/mol. The number of hydrogen-bond acceptors (Lipinski definition) is 6. The molecule has 122 valence electrons. The van der Waals surface area contributed by atoms with E-state index in [4.69, 9.17) is 0 Å². The summed E-state index contributed by atoms with van der Waals surface area (Å²) in [5.74, 6) is -0.0240. The molecule has 1 aromatic carbocycles. The Bertz CT molecular complexity index is 584. The van der Waals surface area contributed by atoms with Crippen LogP contribution in [0, 0.1) is 0 Å². The highest BCUT2D eigenvalue weighted by Crippen LogP contribution is 2.14. The quantitative estimate of drug-likeness (QED) is 0.506. The van der Waals surface area contributed by atoms with Crippen LogP contribution in [0.1, 0.15) is 19.3 Å². The molecule has 1 aromatic rings. The Hall–Kier alpha value is -1.89. The van der Waals surface area contributed by atoms with Gasteiger partial charge in [-0.15, -0.1) is 0 Å². The normalized spacial score (nSPS) is 14.8. The van der Waals surface area contributed by atoms with Crippen LogP contribution in [0.3, 0.4) is 0 Å². The van der Waals surface area contributed by atoms with Gasteiger partial charge in [0.25, 0.3) is 10.9 Å². The van der Waals surface area contributed by atoms with Crippen molar-refractivity contribution in [2.24, 2.45) is 0 Å². The lowest BCUT2D eigenvalue weighted by Gasteiger charge is -2.18. The number of nitrogens with zero attached hydrogens (tertiary/aromatic N) is 2. The molecule has 1 aliphatic rings. The molecular formula is C15H24N4O3. The van der Waals surface area contributed by atoms with E-state index in [1.54, 1.807) is 4.90 Å². The summed E-state index contributed by atoms with van der Waals surface area (Å²) in [6.45, 7) is 3.15. The molecule has 0 saturated carbocycles.